The number of carbonyl (C=O) groups is 1. The summed E-state index contributed by atoms with van der Waals surface area (Å²) in [4.78, 5) is 18.1. The first-order valence-corrected chi connectivity index (χ1v) is 12.0. The van der Waals surface area contributed by atoms with E-state index in [1.165, 1.54) is 51.7 Å². The average molecular weight is 398 g/mol. The van der Waals surface area contributed by atoms with E-state index in [4.69, 9.17) is 0 Å². The van der Waals surface area contributed by atoms with Crippen molar-refractivity contribution in [3.05, 3.63) is 35.4 Å². The molecule has 1 aliphatic carbocycles. The molecule has 1 N–H and O–H groups in total. The molecule has 29 heavy (non-hydrogen) atoms. The fourth-order valence-electron chi connectivity index (χ4n) is 5.77. The first kappa shape index (κ1) is 20.9. The van der Waals surface area contributed by atoms with Crippen LogP contribution < -0.4 is 5.32 Å². The Morgan fingerprint density at radius 2 is 1.62 bits per heavy atom. The molecule has 2 saturated heterocycles. The van der Waals surface area contributed by atoms with Crippen molar-refractivity contribution in [2.45, 2.75) is 83.3 Å². The summed E-state index contributed by atoms with van der Waals surface area (Å²) in [7, 11) is 0. The topological polar surface area (TPSA) is 35.6 Å². The highest BCUT2D eigenvalue weighted by Gasteiger charge is 2.34. The number of benzene rings is 1. The molecule has 1 atom stereocenters. The third-order valence-corrected chi connectivity index (χ3v) is 7.72. The molecular formula is C25H39N3O. The highest BCUT2D eigenvalue weighted by atomic mass is 16.2. The van der Waals surface area contributed by atoms with E-state index in [2.05, 4.69) is 53.2 Å². The number of nitrogens with one attached hydrogen (secondary N) is 1. The van der Waals surface area contributed by atoms with Gasteiger partial charge in [-0.3, -0.25) is 14.6 Å². The lowest BCUT2D eigenvalue weighted by Gasteiger charge is -2.43. The van der Waals surface area contributed by atoms with E-state index in [-0.39, 0.29) is 5.92 Å². The smallest absolute Gasteiger partial charge is 0.224 e. The largest absolute Gasteiger partial charge is 0.353 e. The number of likely N-dealkylation sites (tertiary alicyclic amines) is 2. The van der Waals surface area contributed by atoms with Crippen molar-refractivity contribution in [1.29, 1.82) is 0 Å². The molecule has 1 aromatic carbocycles. The molecule has 1 amide bonds. The minimum Gasteiger partial charge on any atom is -0.353 e. The molecule has 0 aromatic heterocycles. The molecule has 4 rings (SSSR count). The molecule has 0 bridgehead atoms. The van der Waals surface area contributed by atoms with Crippen LogP contribution in [0.2, 0.25) is 0 Å². The molecule has 1 aromatic rings. The number of fused-ring (bicyclic) bond motifs is 1. The monoisotopic (exact) mass is 397 g/mol. The van der Waals surface area contributed by atoms with E-state index < -0.39 is 0 Å². The van der Waals surface area contributed by atoms with Gasteiger partial charge < -0.3 is 5.32 Å². The minimum absolute atomic E-state index is 0.187. The molecule has 2 aliphatic heterocycles. The Morgan fingerprint density at radius 3 is 2.24 bits per heavy atom. The van der Waals surface area contributed by atoms with Gasteiger partial charge >= 0.3 is 0 Å². The van der Waals surface area contributed by atoms with Gasteiger partial charge in [-0.2, -0.15) is 0 Å². The van der Waals surface area contributed by atoms with E-state index in [0.717, 1.165) is 25.8 Å². The van der Waals surface area contributed by atoms with Crippen molar-refractivity contribution in [3.8, 4) is 0 Å². The predicted octanol–water partition coefficient (Wildman–Crippen LogP) is 3.64. The van der Waals surface area contributed by atoms with Gasteiger partial charge in [0.2, 0.25) is 5.91 Å². The van der Waals surface area contributed by atoms with Crippen LogP contribution in [0.5, 0.6) is 0 Å². The summed E-state index contributed by atoms with van der Waals surface area (Å²) < 4.78 is 0. The molecule has 160 valence electrons. The van der Waals surface area contributed by atoms with Crippen molar-refractivity contribution in [1.82, 2.24) is 15.1 Å². The number of piperidine rings is 2. The number of amides is 1. The van der Waals surface area contributed by atoms with E-state index in [1.807, 2.05) is 0 Å². The van der Waals surface area contributed by atoms with Crippen LogP contribution in [0.1, 0.15) is 63.5 Å². The number of rotatable bonds is 6. The molecule has 2 heterocycles. The maximum atomic E-state index is 12.7. The van der Waals surface area contributed by atoms with Gasteiger partial charge in [0.25, 0.3) is 0 Å². The third kappa shape index (κ3) is 4.86. The summed E-state index contributed by atoms with van der Waals surface area (Å²) in [6.07, 6.45) is 9.25. The molecule has 3 aliphatic rings. The van der Waals surface area contributed by atoms with Crippen LogP contribution in [0.25, 0.3) is 0 Å². The molecule has 0 saturated carbocycles. The fourth-order valence-corrected chi connectivity index (χ4v) is 5.77. The third-order valence-electron chi connectivity index (χ3n) is 7.72. The zero-order valence-electron chi connectivity index (χ0n) is 18.4. The van der Waals surface area contributed by atoms with Gasteiger partial charge in [0.15, 0.2) is 0 Å². The van der Waals surface area contributed by atoms with Crippen LogP contribution in [0.4, 0.5) is 0 Å². The van der Waals surface area contributed by atoms with Gasteiger partial charge in [0, 0.05) is 24.7 Å². The molecule has 0 radical (unpaired) electrons. The summed E-state index contributed by atoms with van der Waals surface area (Å²) in [6, 6.07) is 10.7. The Bertz CT molecular complexity index is 653. The molecule has 2 fully saturated rings. The normalized spacial score (nSPS) is 24.7. The summed E-state index contributed by atoms with van der Waals surface area (Å²) in [6.45, 7) is 8.89. The summed E-state index contributed by atoms with van der Waals surface area (Å²) >= 11 is 0. The Morgan fingerprint density at radius 1 is 0.966 bits per heavy atom. The highest BCUT2D eigenvalue weighted by molar-refractivity contribution is 5.79. The van der Waals surface area contributed by atoms with Crippen LogP contribution in [-0.2, 0) is 17.6 Å². The van der Waals surface area contributed by atoms with Gasteiger partial charge in [-0.25, -0.2) is 0 Å². The number of hydrogen-bond acceptors (Lipinski definition) is 3. The molecule has 4 nitrogen and oxygen atoms in total. The lowest BCUT2D eigenvalue weighted by molar-refractivity contribution is -0.128. The zero-order valence-corrected chi connectivity index (χ0v) is 18.4. The first-order chi connectivity index (χ1) is 14.2. The predicted molar refractivity (Wildman–Crippen MR) is 119 cm³/mol. The van der Waals surface area contributed by atoms with Crippen LogP contribution >= 0.6 is 0 Å². The Balaban J connectivity index is 1.26. The van der Waals surface area contributed by atoms with Crippen molar-refractivity contribution in [3.63, 3.8) is 0 Å². The summed E-state index contributed by atoms with van der Waals surface area (Å²) in [5.41, 5.74) is 3.11. The molecule has 4 heteroatoms. The van der Waals surface area contributed by atoms with Gasteiger partial charge in [0.05, 0.1) is 5.92 Å². The number of hydrogen-bond donors (Lipinski definition) is 1. The van der Waals surface area contributed by atoms with E-state index >= 15 is 0 Å². The van der Waals surface area contributed by atoms with Crippen molar-refractivity contribution in [2.75, 3.05) is 26.2 Å². The number of carbonyl (C=O) groups excluding carboxylic acids is 1. The maximum Gasteiger partial charge on any atom is 0.224 e. The first-order valence-electron chi connectivity index (χ1n) is 12.0. The molecular weight excluding hydrogens is 358 g/mol. The van der Waals surface area contributed by atoms with Crippen LogP contribution in [0.3, 0.4) is 0 Å². The second kappa shape index (κ2) is 9.61. The highest BCUT2D eigenvalue weighted by Crippen LogP contribution is 2.29. The van der Waals surface area contributed by atoms with Gasteiger partial charge in [-0.15, -0.1) is 0 Å². The Kier molecular flexibility index (Phi) is 6.92. The number of nitrogens with zero attached hydrogens (tertiary/aromatic N) is 2. The van der Waals surface area contributed by atoms with Gasteiger partial charge in [-0.1, -0.05) is 38.1 Å². The minimum atomic E-state index is 0.187. The van der Waals surface area contributed by atoms with Crippen molar-refractivity contribution >= 4 is 5.91 Å². The second-order valence-electron chi connectivity index (χ2n) is 9.45. The Labute approximate surface area is 177 Å². The van der Waals surface area contributed by atoms with Crippen LogP contribution in [0.15, 0.2) is 24.3 Å². The van der Waals surface area contributed by atoms with Crippen molar-refractivity contribution < 1.29 is 4.79 Å². The van der Waals surface area contributed by atoms with E-state index in [0.29, 0.717) is 24.0 Å². The van der Waals surface area contributed by atoms with E-state index in [9.17, 15) is 4.79 Å². The SMILES string of the molecule is CCC(CC)NC(=O)[C@H]1CCCN(C2CCN(C3Cc4ccccc4C3)CC2)C1. The lowest BCUT2D eigenvalue weighted by atomic mass is 9.92. The fraction of sp³-hybridized carbons (Fsp3) is 0.720. The summed E-state index contributed by atoms with van der Waals surface area (Å²) in [5, 5.41) is 3.29. The molecule has 0 spiro atoms. The van der Waals surface area contributed by atoms with Crippen LogP contribution in [0, 0.1) is 5.92 Å². The Hall–Kier alpha value is -1.39. The van der Waals surface area contributed by atoms with Crippen molar-refractivity contribution in [2.24, 2.45) is 5.92 Å². The standard InChI is InChI=1S/C25H39N3O/c1-3-22(4-2)26-25(29)21-10-7-13-28(18-21)23-11-14-27(15-12-23)24-16-19-8-5-6-9-20(19)17-24/h5-6,8-9,21-24H,3-4,7,10-18H2,1-2H3,(H,26,29)/t21-/m0/s1. The van der Waals surface area contributed by atoms with E-state index in [1.54, 1.807) is 11.1 Å². The maximum absolute atomic E-state index is 12.7. The molecule has 0 unspecified atom stereocenters. The quantitative estimate of drug-likeness (QED) is 0.796. The van der Waals surface area contributed by atoms with Gasteiger partial charge in [0.1, 0.15) is 0 Å². The van der Waals surface area contributed by atoms with Gasteiger partial charge in [-0.05, 0) is 82.1 Å². The lowest BCUT2D eigenvalue weighted by Crippen LogP contribution is -2.52. The zero-order chi connectivity index (χ0) is 20.2. The summed E-state index contributed by atoms with van der Waals surface area (Å²) in [5.74, 6) is 0.483. The second-order valence-corrected chi connectivity index (χ2v) is 9.45. The average Bonchev–Trinajstić information content (AvgIpc) is 3.22. The van der Waals surface area contributed by atoms with Crippen LogP contribution in [-0.4, -0.2) is 60.0 Å².